The number of hydrogen-bond donors (Lipinski definition) is 1. The standard InChI is InChI=1S/C19H19NO5/c1-12-4-6-13(7-5-12)18(21)20-16(19(22)23)10-14-8-9-15(24-2)11-17(14)25-3/h4-11H,1-3H3,(H,20,21)(H,22,23)/p-1/b16-10+. The summed E-state index contributed by atoms with van der Waals surface area (Å²) < 4.78 is 10.3. The van der Waals surface area contributed by atoms with Crippen LogP contribution in [0.25, 0.3) is 6.08 Å². The van der Waals surface area contributed by atoms with E-state index in [2.05, 4.69) is 5.32 Å². The molecule has 0 unspecified atom stereocenters. The first kappa shape index (κ1) is 18.1. The molecule has 0 spiro atoms. The van der Waals surface area contributed by atoms with E-state index in [9.17, 15) is 14.7 Å². The first-order chi connectivity index (χ1) is 11.9. The monoisotopic (exact) mass is 340 g/mol. The maximum atomic E-state index is 12.2. The summed E-state index contributed by atoms with van der Waals surface area (Å²) in [5, 5.41) is 13.7. The lowest BCUT2D eigenvalue weighted by atomic mass is 10.1. The Morgan fingerprint density at radius 1 is 1.04 bits per heavy atom. The molecule has 0 aliphatic rings. The molecule has 25 heavy (non-hydrogen) atoms. The number of amides is 1. The lowest BCUT2D eigenvalue weighted by Gasteiger charge is -2.13. The van der Waals surface area contributed by atoms with E-state index in [0.29, 0.717) is 22.6 Å². The van der Waals surface area contributed by atoms with Gasteiger partial charge in [-0.2, -0.15) is 0 Å². The Kier molecular flexibility index (Phi) is 5.79. The van der Waals surface area contributed by atoms with Gasteiger partial charge in [-0.15, -0.1) is 0 Å². The molecule has 0 aromatic heterocycles. The second-order valence-corrected chi connectivity index (χ2v) is 5.27. The molecule has 2 rings (SSSR count). The highest BCUT2D eigenvalue weighted by atomic mass is 16.5. The van der Waals surface area contributed by atoms with Gasteiger partial charge in [0.1, 0.15) is 11.5 Å². The number of aryl methyl sites for hydroxylation is 1. The van der Waals surface area contributed by atoms with Crippen LogP contribution < -0.4 is 19.9 Å². The molecule has 0 radical (unpaired) electrons. The molecule has 0 bridgehead atoms. The smallest absolute Gasteiger partial charge is 0.255 e. The van der Waals surface area contributed by atoms with E-state index in [1.165, 1.54) is 20.3 Å². The zero-order valence-electron chi connectivity index (χ0n) is 14.2. The second-order valence-electron chi connectivity index (χ2n) is 5.27. The maximum absolute atomic E-state index is 12.2. The van der Waals surface area contributed by atoms with Crippen LogP contribution in [-0.2, 0) is 4.79 Å². The Hall–Kier alpha value is -3.28. The van der Waals surface area contributed by atoms with Gasteiger partial charge in [0, 0.05) is 17.2 Å². The number of carbonyl (C=O) groups excluding carboxylic acids is 2. The molecule has 0 heterocycles. The summed E-state index contributed by atoms with van der Waals surface area (Å²) in [7, 11) is 2.97. The second kappa shape index (κ2) is 8.01. The van der Waals surface area contributed by atoms with Gasteiger partial charge in [-0.05, 0) is 37.3 Å². The van der Waals surface area contributed by atoms with Gasteiger partial charge in [0.05, 0.1) is 25.9 Å². The highest BCUT2D eigenvalue weighted by Crippen LogP contribution is 2.26. The van der Waals surface area contributed by atoms with Gasteiger partial charge < -0.3 is 24.7 Å². The SMILES string of the molecule is COc1ccc(/C=C(/NC(=O)c2ccc(C)cc2)C(=O)[O-])c(OC)c1. The molecule has 0 saturated heterocycles. The molecule has 2 aromatic rings. The number of methoxy groups -OCH3 is 2. The van der Waals surface area contributed by atoms with Crippen LogP contribution in [0.5, 0.6) is 11.5 Å². The van der Waals surface area contributed by atoms with E-state index in [1.54, 1.807) is 42.5 Å². The molecular weight excluding hydrogens is 322 g/mol. The van der Waals surface area contributed by atoms with Crippen LogP contribution >= 0.6 is 0 Å². The van der Waals surface area contributed by atoms with Crippen molar-refractivity contribution in [1.82, 2.24) is 5.32 Å². The van der Waals surface area contributed by atoms with Gasteiger partial charge in [0.2, 0.25) is 0 Å². The van der Waals surface area contributed by atoms with Gasteiger partial charge in [-0.3, -0.25) is 4.79 Å². The minimum absolute atomic E-state index is 0.347. The predicted octanol–water partition coefficient (Wildman–Crippen LogP) is 1.53. The van der Waals surface area contributed by atoms with E-state index in [-0.39, 0.29) is 5.70 Å². The highest BCUT2D eigenvalue weighted by Gasteiger charge is 2.10. The summed E-state index contributed by atoms with van der Waals surface area (Å²) >= 11 is 0. The van der Waals surface area contributed by atoms with Gasteiger partial charge in [-0.25, -0.2) is 0 Å². The molecule has 1 amide bonds. The van der Waals surface area contributed by atoms with Crippen molar-refractivity contribution in [3.63, 3.8) is 0 Å². The van der Waals surface area contributed by atoms with E-state index in [4.69, 9.17) is 9.47 Å². The summed E-state index contributed by atoms with van der Waals surface area (Å²) in [4.78, 5) is 23.6. The molecule has 0 fully saturated rings. The first-order valence-corrected chi connectivity index (χ1v) is 7.47. The number of carboxylic acid groups (broad SMARTS) is 1. The summed E-state index contributed by atoms with van der Waals surface area (Å²) in [6, 6.07) is 11.7. The highest BCUT2D eigenvalue weighted by molar-refractivity contribution is 6.02. The fourth-order valence-electron chi connectivity index (χ4n) is 2.14. The summed E-state index contributed by atoms with van der Waals surface area (Å²) in [5.41, 5.74) is 1.44. The van der Waals surface area contributed by atoms with Crippen molar-refractivity contribution < 1.29 is 24.2 Å². The lowest BCUT2D eigenvalue weighted by molar-refractivity contribution is -0.299. The molecule has 0 aliphatic heterocycles. The summed E-state index contributed by atoms with van der Waals surface area (Å²) in [6.07, 6.45) is 1.28. The number of benzene rings is 2. The van der Waals surface area contributed by atoms with Crippen LogP contribution in [0.2, 0.25) is 0 Å². The molecule has 0 atom stereocenters. The van der Waals surface area contributed by atoms with Gasteiger partial charge in [0.25, 0.3) is 5.91 Å². The number of carboxylic acids is 1. The normalized spacial score (nSPS) is 10.9. The molecule has 6 heteroatoms. The van der Waals surface area contributed by atoms with Crippen molar-refractivity contribution in [3.8, 4) is 11.5 Å². The molecule has 0 saturated carbocycles. The van der Waals surface area contributed by atoms with Crippen LogP contribution in [0, 0.1) is 6.92 Å². The molecule has 6 nitrogen and oxygen atoms in total. The average molecular weight is 340 g/mol. The number of carbonyl (C=O) groups is 2. The van der Waals surface area contributed by atoms with Crippen LogP contribution in [0.3, 0.4) is 0 Å². The van der Waals surface area contributed by atoms with Crippen LogP contribution in [0.15, 0.2) is 48.2 Å². The van der Waals surface area contributed by atoms with Crippen LogP contribution in [0.4, 0.5) is 0 Å². The van der Waals surface area contributed by atoms with Crippen molar-refractivity contribution in [1.29, 1.82) is 0 Å². The van der Waals surface area contributed by atoms with E-state index in [1.807, 2.05) is 6.92 Å². The van der Waals surface area contributed by atoms with Crippen molar-refractivity contribution >= 4 is 18.0 Å². The number of aliphatic carboxylic acids is 1. The fourth-order valence-corrected chi connectivity index (χ4v) is 2.14. The number of nitrogens with one attached hydrogen (secondary N) is 1. The number of ether oxygens (including phenoxy) is 2. The van der Waals surface area contributed by atoms with Crippen molar-refractivity contribution in [3.05, 3.63) is 64.9 Å². The topological polar surface area (TPSA) is 87.7 Å². The van der Waals surface area contributed by atoms with Crippen molar-refractivity contribution in [2.75, 3.05) is 14.2 Å². The largest absolute Gasteiger partial charge is 0.543 e. The van der Waals surface area contributed by atoms with E-state index in [0.717, 1.165) is 5.56 Å². The Morgan fingerprint density at radius 2 is 1.72 bits per heavy atom. The minimum Gasteiger partial charge on any atom is -0.543 e. The fraction of sp³-hybridized carbons (Fsp3) is 0.158. The zero-order chi connectivity index (χ0) is 18.4. The molecule has 130 valence electrons. The predicted molar refractivity (Wildman–Crippen MR) is 91.2 cm³/mol. The number of hydrogen-bond acceptors (Lipinski definition) is 5. The quantitative estimate of drug-likeness (QED) is 0.806. The first-order valence-electron chi connectivity index (χ1n) is 7.47. The molecule has 1 N–H and O–H groups in total. The maximum Gasteiger partial charge on any atom is 0.255 e. The molecule has 0 aliphatic carbocycles. The minimum atomic E-state index is -1.50. The van der Waals surface area contributed by atoms with Gasteiger partial charge in [-0.1, -0.05) is 17.7 Å². The Bertz CT molecular complexity index is 809. The van der Waals surface area contributed by atoms with Crippen LogP contribution in [-0.4, -0.2) is 26.1 Å². The third kappa shape index (κ3) is 4.60. The zero-order valence-corrected chi connectivity index (χ0v) is 14.2. The molecule has 2 aromatic carbocycles. The van der Waals surface area contributed by atoms with Crippen molar-refractivity contribution in [2.24, 2.45) is 0 Å². The third-order valence-electron chi connectivity index (χ3n) is 3.52. The summed E-state index contributed by atoms with van der Waals surface area (Å²) in [6.45, 7) is 1.89. The van der Waals surface area contributed by atoms with E-state index >= 15 is 0 Å². The van der Waals surface area contributed by atoms with E-state index < -0.39 is 11.9 Å². The summed E-state index contributed by atoms with van der Waals surface area (Å²) in [5.74, 6) is -1.07. The van der Waals surface area contributed by atoms with Gasteiger partial charge in [0.15, 0.2) is 0 Å². The van der Waals surface area contributed by atoms with Crippen LogP contribution in [0.1, 0.15) is 21.5 Å². The van der Waals surface area contributed by atoms with Crippen molar-refractivity contribution in [2.45, 2.75) is 6.92 Å². The lowest BCUT2D eigenvalue weighted by Crippen LogP contribution is -2.35. The molecular formula is C19H18NO5-. The van der Waals surface area contributed by atoms with Gasteiger partial charge >= 0.3 is 0 Å². The Labute approximate surface area is 145 Å². The Morgan fingerprint density at radius 3 is 2.28 bits per heavy atom. The third-order valence-corrected chi connectivity index (χ3v) is 3.52. The number of rotatable bonds is 6. The average Bonchev–Trinajstić information content (AvgIpc) is 2.61. The Balaban J connectivity index is 2.31.